The minimum absolute atomic E-state index is 0.0799. The van der Waals surface area contributed by atoms with Gasteiger partial charge >= 0.3 is 5.97 Å². The Morgan fingerprint density at radius 2 is 1.84 bits per heavy atom. The monoisotopic (exact) mass is 264 g/mol. The highest BCUT2D eigenvalue weighted by Gasteiger charge is 2.17. The van der Waals surface area contributed by atoms with Crippen molar-refractivity contribution < 1.29 is 23.8 Å². The van der Waals surface area contributed by atoms with E-state index in [4.69, 9.17) is 5.11 Å². The molecule has 2 aromatic rings. The Kier molecular flexibility index (Phi) is 3.21. The maximum absolute atomic E-state index is 13.9. The van der Waals surface area contributed by atoms with Gasteiger partial charge in [-0.05, 0) is 36.8 Å². The lowest BCUT2D eigenvalue weighted by molar-refractivity contribution is 0.0696. The van der Waals surface area contributed by atoms with Crippen LogP contribution in [0.3, 0.4) is 0 Å². The second-order valence-electron chi connectivity index (χ2n) is 4.09. The van der Waals surface area contributed by atoms with Crippen molar-refractivity contribution in [2.75, 3.05) is 0 Å². The fourth-order valence-electron chi connectivity index (χ4n) is 1.78. The molecule has 3 nitrogen and oxygen atoms in total. The minimum Gasteiger partial charge on any atom is -0.507 e. The molecule has 5 heteroatoms. The lowest BCUT2D eigenvalue weighted by atomic mass is 9.99. The van der Waals surface area contributed by atoms with Crippen LogP contribution in [0.5, 0.6) is 5.75 Å². The summed E-state index contributed by atoms with van der Waals surface area (Å²) in [6, 6.07) is 5.70. The summed E-state index contributed by atoms with van der Waals surface area (Å²) in [6.45, 7) is 1.47. The molecule has 0 radical (unpaired) electrons. The average molecular weight is 264 g/mol. The van der Waals surface area contributed by atoms with E-state index in [1.54, 1.807) is 0 Å². The molecule has 0 aliphatic heterocycles. The molecule has 0 aliphatic carbocycles. The van der Waals surface area contributed by atoms with Crippen LogP contribution in [-0.4, -0.2) is 16.2 Å². The molecule has 0 saturated carbocycles. The second-order valence-corrected chi connectivity index (χ2v) is 4.09. The lowest BCUT2D eigenvalue weighted by Gasteiger charge is -2.10. The van der Waals surface area contributed by atoms with E-state index in [1.807, 2.05) is 0 Å². The van der Waals surface area contributed by atoms with Gasteiger partial charge in [-0.3, -0.25) is 0 Å². The van der Waals surface area contributed by atoms with E-state index in [-0.39, 0.29) is 22.3 Å². The summed E-state index contributed by atoms with van der Waals surface area (Å²) < 4.78 is 27.6. The highest BCUT2D eigenvalue weighted by Crippen LogP contribution is 2.34. The molecule has 19 heavy (non-hydrogen) atoms. The van der Waals surface area contributed by atoms with Crippen molar-refractivity contribution in [2.45, 2.75) is 6.92 Å². The average Bonchev–Trinajstić information content (AvgIpc) is 2.36. The van der Waals surface area contributed by atoms with Gasteiger partial charge in [0, 0.05) is 5.56 Å². The Hall–Kier alpha value is -2.43. The molecule has 2 aromatic carbocycles. The Balaban J connectivity index is 2.66. The maximum atomic E-state index is 13.9. The van der Waals surface area contributed by atoms with Crippen LogP contribution in [0, 0.1) is 18.6 Å². The van der Waals surface area contributed by atoms with Crippen LogP contribution in [0.1, 0.15) is 15.9 Å². The van der Waals surface area contributed by atoms with Crippen molar-refractivity contribution in [2.24, 2.45) is 0 Å². The molecular weight excluding hydrogens is 254 g/mol. The van der Waals surface area contributed by atoms with Gasteiger partial charge in [0.25, 0.3) is 0 Å². The first-order valence-corrected chi connectivity index (χ1v) is 5.43. The summed E-state index contributed by atoms with van der Waals surface area (Å²) in [7, 11) is 0. The topological polar surface area (TPSA) is 57.5 Å². The van der Waals surface area contributed by atoms with Crippen LogP contribution >= 0.6 is 0 Å². The molecule has 2 N–H and O–H groups in total. The number of aryl methyl sites for hydroxylation is 1. The number of carbonyl (C=O) groups is 1. The van der Waals surface area contributed by atoms with E-state index in [0.29, 0.717) is 0 Å². The first-order chi connectivity index (χ1) is 8.91. The third kappa shape index (κ3) is 2.27. The standard InChI is InChI=1S/C14H10F2O3/c1-7-2-5-10(15)12(13(7)16)9-4-3-8(14(18)19)6-11(9)17/h2-6,17H,1H3,(H,18,19). The Bertz CT molecular complexity index is 666. The van der Waals surface area contributed by atoms with Crippen LogP contribution in [0.25, 0.3) is 11.1 Å². The van der Waals surface area contributed by atoms with E-state index in [1.165, 1.54) is 25.1 Å². The van der Waals surface area contributed by atoms with Crippen molar-refractivity contribution >= 4 is 5.97 Å². The number of aromatic hydroxyl groups is 1. The molecule has 0 bridgehead atoms. The van der Waals surface area contributed by atoms with Gasteiger partial charge in [0.2, 0.25) is 0 Å². The van der Waals surface area contributed by atoms with Gasteiger partial charge < -0.3 is 10.2 Å². The van der Waals surface area contributed by atoms with Crippen LogP contribution in [-0.2, 0) is 0 Å². The van der Waals surface area contributed by atoms with E-state index >= 15 is 0 Å². The zero-order valence-corrected chi connectivity index (χ0v) is 9.95. The number of carboxylic acids is 1. The van der Waals surface area contributed by atoms with E-state index in [2.05, 4.69) is 0 Å². The van der Waals surface area contributed by atoms with Crippen molar-refractivity contribution in [3.05, 3.63) is 53.1 Å². The summed E-state index contributed by atoms with van der Waals surface area (Å²) in [5.41, 5.74) is -0.369. The van der Waals surface area contributed by atoms with Gasteiger partial charge in [-0.15, -0.1) is 0 Å². The largest absolute Gasteiger partial charge is 0.507 e. The Morgan fingerprint density at radius 3 is 2.42 bits per heavy atom. The van der Waals surface area contributed by atoms with Crippen LogP contribution in [0.2, 0.25) is 0 Å². The molecule has 0 saturated heterocycles. The summed E-state index contributed by atoms with van der Waals surface area (Å²) in [4.78, 5) is 10.7. The quantitative estimate of drug-likeness (QED) is 0.874. The fourth-order valence-corrected chi connectivity index (χ4v) is 1.78. The first kappa shape index (κ1) is 13.0. The molecule has 0 spiro atoms. The molecule has 0 heterocycles. The van der Waals surface area contributed by atoms with Crippen molar-refractivity contribution in [1.82, 2.24) is 0 Å². The molecule has 0 unspecified atom stereocenters. The molecule has 0 aliphatic rings. The number of halogens is 2. The van der Waals surface area contributed by atoms with E-state index < -0.39 is 23.4 Å². The van der Waals surface area contributed by atoms with Gasteiger partial charge in [-0.1, -0.05) is 6.07 Å². The van der Waals surface area contributed by atoms with Crippen LogP contribution in [0.15, 0.2) is 30.3 Å². The SMILES string of the molecule is Cc1ccc(F)c(-c2ccc(C(=O)O)cc2O)c1F. The number of carboxylic acid groups (broad SMARTS) is 1. The summed E-state index contributed by atoms with van der Waals surface area (Å²) in [6.07, 6.45) is 0. The number of hydrogen-bond acceptors (Lipinski definition) is 2. The third-order valence-electron chi connectivity index (χ3n) is 2.80. The van der Waals surface area contributed by atoms with E-state index in [0.717, 1.165) is 12.1 Å². The fraction of sp³-hybridized carbons (Fsp3) is 0.0714. The number of aromatic carboxylic acids is 1. The number of hydrogen-bond donors (Lipinski definition) is 2. The summed E-state index contributed by atoms with van der Waals surface area (Å²) in [5.74, 6) is -3.31. The van der Waals surface area contributed by atoms with Gasteiger partial charge in [-0.25, -0.2) is 13.6 Å². The zero-order valence-electron chi connectivity index (χ0n) is 9.95. The second kappa shape index (κ2) is 4.68. The predicted octanol–water partition coefficient (Wildman–Crippen LogP) is 3.34. The van der Waals surface area contributed by atoms with Crippen molar-refractivity contribution in [3.63, 3.8) is 0 Å². The van der Waals surface area contributed by atoms with Gasteiger partial charge in [-0.2, -0.15) is 0 Å². The van der Waals surface area contributed by atoms with E-state index in [9.17, 15) is 18.7 Å². The summed E-state index contributed by atoms with van der Waals surface area (Å²) in [5, 5.41) is 18.5. The molecule has 0 amide bonds. The molecule has 2 rings (SSSR count). The minimum atomic E-state index is -1.23. The molecular formula is C14H10F2O3. The van der Waals surface area contributed by atoms with Crippen LogP contribution in [0.4, 0.5) is 8.78 Å². The van der Waals surface area contributed by atoms with Crippen molar-refractivity contribution in [1.29, 1.82) is 0 Å². The zero-order chi connectivity index (χ0) is 14.2. The normalized spacial score (nSPS) is 10.5. The van der Waals surface area contributed by atoms with Gasteiger partial charge in [0.1, 0.15) is 17.4 Å². The molecule has 98 valence electrons. The van der Waals surface area contributed by atoms with Crippen molar-refractivity contribution in [3.8, 4) is 16.9 Å². The maximum Gasteiger partial charge on any atom is 0.335 e. The third-order valence-corrected chi connectivity index (χ3v) is 2.80. The highest BCUT2D eigenvalue weighted by molar-refractivity contribution is 5.89. The Labute approximate surface area is 107 Å². The predicted molar refractivity (Wildman–Crippen MR) is 65.2 cm³/mol. The number of phenolic OH excluding ortho intramolecular Hbond substituents is 1. The van der Waals surface area contributed by atoms with Gasteiger partial charge in [0.05, 0.1) is 11.1 Å². The smallest absolute Gasteiger partial charge is 0.335 e. The summed E-state index contributed by atoms with van der Waals surface area (Å²) >= 11 is 0. The Morgan fingerprint density at radius 1 is 1.16 bits per heavy atom. The number of phenols is 1. The highest BCUT2D eigenvalue weighted by atomic mass is 19.1. The molecule has 0 fully saturated rings. The lowest BCUT2D eigenvalue weighted by Crippen LogP contribution is -1.98. The first-order valence-electron chi connectivity index (χ1n) is 5.43. The molecule has 0 aromatic heterocycles. The molecule has 0 atom stereocenters. The van der Waals surface area contributed by atoms with Crippen LogP contribution < -0.4 is 0 Å². The number of rotatable bonds is 2. The number of benzene rings is 2. The van der Waals surface area contributed by atoms with Gasteiger partial charge in [0.15, 0.2) is 0 Å².